The highest BCUT2D eigenvalue weighted by Crippen LogP contribution is 2.26. The van der Waals surface area contributed by atoms with E-state index >= 15 is 0 Å². The van der Waals surface area contributed by atoms with E-state index in [0.29, 0.717) is 25.1 Å². The molecule has 0 aromatic heterocycles. The summed E-state index contributed by atoms with van der Waals surface area (Å²) in [7, 11) is 0. The van der Waals surface area contributed by atoms with Gasteiger partial charge < -0.3 is 14.5 Å². The second-order valence-corrected chi connectivity index (χ2v) is 10.1. The lowest BCUT2D eigenvalue weighted by atomic mass is 9.88. The van der Waals surface area contributed by atoms with Crippen LogP contribution < -0.4 is 4.74 Å². The van der Waals surface area contributed by atoms with Crippen LogP contribution in [0.15, 0.2) is 24.3 Å². The van der Waals surface area contributed by atoms with E-state index in [1.165, 1.54) is 38.6 Å². The van der Waals surface area contributed by atoms with Crippen LogP contribution in [0.3, 0.4) is 0 Å². The molecule has 1 amide bonds. The van der Waals surface area contributed by atoms with Crippen LogP contribution in [0.2, 0.25) is 0 Å². The molecule has 6 heteroatoms. The van der Waals surface area contributed by atoms with Gasteiger partial charge in [0.2, 0.25) is 5.91 Å². The first-order valence-electron chi connectivity index (χ1n) is 13.1. The molecule has 1 aliphatic carbocycles. The number of carbonyl (C=O) groups is 2. The minimum absolute atomic E-state index is 0.136. The summed E-state index contributed by atoms with van der Waals surface area (Å²) in [5.41, 5.74) is 0.731. The molecule has 1 unspecified atom stereocenters. The van der Waals surface area contributed by atoms with Gasteiger partial charge in [-0.3, -0.25) is 14.5 Å². The molecule has 2 heterocycles. The third kappa shape index (κ3) is 6.80. The maximum atomic E-state index is 12.8. The molecule has 0 spiro atoms. The average molecular weight is 456 g/mol. The van der Waals surface area contributed by atoms with Crippen molar-refractivity contribution < 1.29 is 14.3 Å². The number of ketones is 1. The summed E-state index contributed by atoms with van der Waals surface area (Å²) >= 11 is 0. The van der Waals surface area contributed by atoms with E-state index in [4.69, 9.17) is 4.74 Å². The molecule has 1 atom stereocenters. The van der Waals surface area contributed by atoms with Crippen molar-refractivity contribution in [2.75, 3.05) is 52.4 Å². The molecular weight excluding hydrogens is 414 g/mol. The number of likely N-dealkylation sites (tertiary alicyclic amines) is 1. The first-order valence-corrected chi connectivity index (χ1v) is 13.1. The van der Waals surface area contributed by atoms with Crippen LogP contribution in [0.5, 0.6) is 5.75 Å². The Morgan fingerprint density at radius 1 is 0.909 bits per heavy atom. The third-order valence-electron chi connectivity index (χ3n) is 7.73. The van der Waals surface area contributed by atoms with Gasteiger partial charge in [0.1, 0.15) is 5.75 Å². The van der Waals surface area contributed by atoms with Crippen molar-refractivity contribution in [2.24, 2.45) is 5.92 Å². The molecule has 2 aliphatic heterocycles. The number of benzene rings is 1. The van der Waals surface area contributed by atoms with Crippen LogP contribution in [-0.4, -0.2) is 84.9 Å². The van der Waals surface area contributed by atoms with Gasteiger partial charge in [0, 0.05) is 50.2 Å². The fourth-order valence-electron chi connectivity index (χ4n) is 5.55. The van der Waals surface area contributed by atoms with E-state index in [-0.39, 0.29) is 11.7 Å². The molecule has 182 valence electrons. The number of Topliss-reactive ketones (excluding diaryl/α,β-unsaturated/α-hetero) is 1. The molecule has 4 rings (SSSR count). The van der Waals surface area contributed by atoms with E-state index in [9.17, 15) is 9.59 Å². The summed E-state index contributed by atoms with van der Waals surface area (Å²) in [4.78, 5) is 32.2. The Hall–Kier alpha value is -1.92. The molecule has 1 aromatic rings. The van der Waals surface area contributed by atoms with Crippen molar-refractivity contribution in [2.45, 2.75) is 64.3 Å². The molecule has 2 saturated heterocycles. The van der Waals surface area contributed by atoms with Crippen molar-refractivity contribution >= 4 is 11.7 Å². The Morgan fingerprint density at radius 3 is 2.30 bits per heavy atom. The van der Waals surface area contributed by atoms with E-state index in [1.807, 2.05) is 29.2 Å². The molecular formula is C27H41N3O3. The topological polar surface area (TPSA) is 53.1 Å². The Labute approximate surface area is 199 Å². The van der Waals surface area contributed by atoms with Gasteiger partial charge in [0.15, 0.2) is 5.78 Å². The van der Waals surface area contributed by atoms with Crippen molar-refractivity contribution in [3.8, 4) is 5.75 Å². The van der Waals surface area contributed by atoms with Gasteiger partial charge in [0.25, 0.3) is 0 Å². The summed E-state index contributed by atoms with van der Waals surface area (Å²) in [6.07, 6.45) is 9.39. The smallest absolute Gasteiger partial charge is 0.225 e. The van der Waals surface area contributed by atoms with Crippen molar-refractivity contribution in [3.05, 3.63) is 29.8 Å². The number of hydrogen-bond donors (Lipinski definition) is 0. The maximum Gasteiger partial charge on any atom is 0.225 e. The number of piperazine rings is 1. The fraction of sp³-hybridized carbons (Fsp3) is 0.704. The monoisotopic (exact) mass is 455 g/mol. The zero-order valence-corrected chi connectivity index (χ0v) is 20.3. The Balaban J connectivity index is 1.15. The van der Waals surface area contributed by atoms with E-state index in [1.54, 1.807) is 0 Å². The molecule has 3 fully saturated rings. The van der Waals surface area contributed by atoms with Crippen LogP contribution in [0.25, 0.3) is 0 Å². The van der Waals surface area contributed by atoms with Gasteiger partial charge in [-0.05, 0) is 69.8 Å². The van der Waals surface area contributed by atoms with E-state index < -0.39 is 0 Å². The van der Waals surface area contributed by atoms with Crippen LogP contribution in [0.4, 0.5) is 0 Å². The minimum Gasteiger partial charge on any atom is -0.494 e. The molecule has 6 nitrogen and oxygen atoms in total. The summed E-state index contributed by atoms with van der Waals surface area (Å²) in [6, 6.07) is 8.28. The molecule has 0 N–H and O–H groups in total. The fourth-order valence-corrected chi connectivity index (χ4v) is 5.55. The highest BCUT2D eigenvalue weighted by atomic mass is 16.5. The third-order valence-corrected chi connectivity index (χ3v) is 7.73. The van der Waals surface area contributed by atoms with E-state index in [2.05, 4.69) is 16.7 Å². The number of nitrogens with zero attached hydrogens (tertiary/aromatic N) is 3. The van der Waals surface area contributed by atoms with Crippen LogP contribution in [0, 0.1) is 5.92 Å². The molecule has 33 heavy (non-hydrogen) atoms. The first-order chi connectivity index (χ1) is 16.1. The quantitative estimate of drug-likeness (QED) is 0.418. The molecule has 0 bridgehead atoms. The number of carbonyl (C=O) groups excluding carboxylic acids is 2. The van der Waals surface area contributed by atoms with Gasteiger partial charge in [-0.15, -0.1) is 0 Å². The first kappa shape index (κ1) is 24.2. The number of rotatable bonds is 9. The van der Waals surface area contributed by atoms with Crippen LogP contribution in [-0.2, 0) is 4.79 Å². The van der Waals surface area contributed by atoms with E-state index in [0.717, 1.165) is 63.3 Å². The number of amides is 1. The minimum atomic E-state index is 0.136. The SMILES string of the molecule is CC1CCCN1CCCOc1ccc(C(=O)CN2CCN(C(=O)C3CCCCC3)CC2)cc1. The predicted molar refractivity (Wildman–Crippen MR) is 131 cm³/mol. The lowest BCUT2D eigenvalue weighted by Gasteiger charge is -2.36. The summed E-state index contributed by atoms with van der Waals surface area (Å²) in [6.45, 7) is 8.78. The van der Waals surface area contributed by atoms with Crippen molar-refractivity contribution in [1.82, 2.24) is 14.7 Å². The average Bonchev–Trinajstić information content (AvgIpc) is 3.27. The highest BCUT2D eigenvalue weighted by Gasteiger charge is 2.29. The molecule has 0 radical (unpaired) electrons. The zero-order valence-electron chi connectivity index (χ0n) is 20.3. The van der Waals surface area contributed by atoms with Gasteiger partial charge in [-0.2, -0.15) is 0 Å². The van der Waals surface area contributed by atoms with Crippen molar-refractivity contribution in [3.63, 3.8) is 0 Å². The molecule has 1 saturated carbocycles. The lowest BCUT2D eigenvalue weighted by molar-refractivity contribution is -0.138. The zero-order chi connectivity index (χ0) is 23.0. The Kier molecular flexibility index (Phi) is 8.79. The maximum absolute atomic E-state index is 12.8. The summed E-state index contributed by atoms with van der Waals surface area (Å²) < 4.78 is 5.88. The second kappa shape index (κ2) is 12.0. The number of hydrogen-bond acceptors (Lipinski definition) is 5. The van der Waals surface area contributed by atoms with Crippen LogP contribution >= 0.6 is 0 Å². The standard InChI is InChI=1S/C27H41N3O3/c1-22-7-5-14-29(22)15-6-20-33-25-12-10-23(11-13-25)26(31)21-28-16-18-30(19-17-28)27(32)24-8-3-2-4-9-24/h10-13,22,24H,2-9,14-21H2,1H3. The van der Waals surface area contributed by atoms with Crippen molar-refractivity contribution in [1.29, 1.82) is 0 Å². The second-order valence-electron chi connectivity index (χ2n) is 10.1. The summed E-state index contributed by atoms with van der Waals surface area (Å²) in [5.74, 6) is 1.54. The van der Waals surface area contributed by atoms with Crippen LogP contribution in [0.1, 0.15) is 68.6 Å². The number of ether oxygens (including phenoxy) is 1. The molecule has 3 aliphatic rings. The highest BCUT2D eigenvalue weighted by molar-refractivity contribution is 5.97. The summed E-state index contributed by atoms with van der Waals surface area (Å²) in [5, 5.41) is 0. The lowest BCUT2D eigenvalue weighted by Crippen LogP contribution is -2.51. The Bertz CT molecular complexity index is 767. The molecule has 1 aromatic carbocycles. The Morgan fingerprint density at radius 2 is 1.64 bits per heavy atom. The largest absolute Gasteiger partial charge is 0.494 e. The van der Waals surface area contributed by atoms with Gasteiger partial charge >= 0.3 is 0 Å². The van der Waals surface area contributed by atoms with Gasteiger partial charge in [-0.1, -0.05) is 19.3 Å². The van der Waals surface area contributed by atoms with Gasteiger partial charge in [0.05, 0.1) is 13.2 Å². The normalized spacial score (nSPS) is 23.1. The predicted octanol–water partition coefficient (Wildman–Crippen LogP) is 3.85. The van der Waals surface area contributed by atoms with Gasteiger partial charge in [-0.25, -0.2) is 0 Å².